The second kappa shape index (κ2) is 7.47. The van der Waals surface area contributed by atoms with Crippen molar-refractivity contribution in [3.8, 4) is 0 Å². The van der Waals surface area contributed by atoms with Gasteiger partial charge in [0.2, 0.25) is 11.9 Å². The van der Waals surface area contributed by atoms with E-state index in [-0.39, 0.29) is 24.2 Å². The number of nitrogens with one attached hydrogen (secondary N) is 1. The quantitative estimate of drug-likeness (QED) is 0.809. The molecule has 1 aliphatic rings. The molecule has 0 aromatic carbocycles. The lowest BCUT2D eigenvalue weighted by molar-refractivity contribution is -0.137. The second-order valence-corrected chi connectivity index (χ2v) is 5.46. The number of anilines is 2. The molecule has 3 N–H and O–H groups in total. The molecule has 0 radical (unpaired) electrons. The van der Waals surface area contributed by atoms with Crippen molar-refractivity contribution in [3.63, 3.8) is 0 Å². The number of nitrogens with two attached hydrogens (primary N) is 1. The molecule has 1 aliphatic heterocycles. The van der Waals surface area contributed by atoms with Gasteiger partial charge in [0.25, 0.3) is 0 Å². The first-order chi connectivity index (χ1) is 10.9. The minimum absolute atomic E-state index is 0.116. The molecule has 9 heteroatoms. The lowest BCUT2D eigenvalue weighted by Crippen LogP contribution is -2.32. The third-order valence-corrected chi connectivity index (χ3v) is 3.68. The molecule has 1 aromatic heterocycles. The lowest BCUT2D eigenvalue weighted by atomic mass is 10.2. The second-order valence-electron chi connectivity index (χ2n) is 5.46. The average Bonchev–Trinajstić information content (AvgIpc) is 2.67. The molecule has 2 rings (SSSR count). The number of nitrogen functional groups attached to an aromatic ring is 1. The highest BCUT2D eigenvalue weighted by molar-refractivity contribution is 5.76. The number of hydrogen-bond acceptors (Lipinski definition) is 5. The topological polar surface area (TPSA) is 84.1 Å². The molecule has 1 saturated heterocycles. The fraction of sp³-hybridized carbons (Fsp3) is 0.643. The molecule has 2 heterocycles. The van der Waals surface area contributed by atoms with Crippen LogP contribution in [0.2, 0.25) is 0 Å². The van der Waals surface area contributed by atoms with Crippen LogP contribution in [-0.4, -0.2) is 40.4 Å². The van der Waals surface area contributed by atoms with Gasteiger partial charge in [-0.15, -0.1) is 0 Å². The molecule has 0 spiro atoms. The normalized spacial score (nSPS) is 16.3. The Labute approximate surface area is 132 Å². The Bertz CT molecular complexity index is 550. The van der Waals surface area contributed by atoms with Gasteiger partial charge in [-0.05, 0) is 19.3 Å². The molecule has 6 nitrogen and oxygen atoms in total. The Balaban J connectivity index is 1.89. The highest BCUT2D eigenvalue weighted by atomic mass is 19.4. The number of nitrogens with zero attached hydrogens (tertiary/aromatic N) is 3. The number of likely N-dealkylation sites (tertiary alicyclic amines) is 1. The summed E-state index contributed by atoms with van der Waals surface area (Å²) in [5, 5.41) is 2.64. The standard InChI is InChI=1S/C14H20F3N5O/c15-14(16,17)10-9-20-13(18)21-12(10)19-6-4-8-22-7-3-1-2-5-11(22)23/h9H,1-8H2,(H3,18,19,20,21). The number of halogens is 3. The van der Waals surface area contributed by atoms with Crippen LogP contribution in [0.3, 0.4) is 0 Å². The summed E-state index contributed by atoms with van der Waals surface area (Å²) in [5.74, 6) is -0.430. The van der Waals surface area contributed by atoms with Crippen molar-refractivity contribution >= 4 is 17.7 Å². The maximum Gasteiger partial charge on any atom is 0.421 e. The van der Waals surface area contributed by atoms with Crippen LogP contribution in [0.1, 0.15) is 37.7 Å². The van der Waals surface area contributed by atoms with E-state index in [1.807, 2.05) is 0 Å². The monoisotopic (exact) mass is 331 g/mol. The minimum Gasteiger partial charge on any atom is -0.369 e. The zero-order chi connectivity index (χ0) is 16.9. The lowest BCUT2D eigenvalue weighted by Gasteiger charge is -2.20. The highest BCUT2D eigenvalue weighted by Gasteiger charge is 2.35. The smallest absolute Gasteiger partial charge is 0.369 e. The number of aromatic nitrogens is 2. The summed E-state index contributed by atoms with van der Waals surface area (Å²) in [6, 6.07) is 0. The van der Waals surface area contributed by atoms with Gasteiger partial charge in [-0.2, -0.15) is 18.2 Å². The van der Waals surface area contributed by atoms with Gasteiger partial charge < -0.3 is 16.0 Å². The van der Waals surface area contributed by atoms with Crippen molar-refractivity contribution < 1.29 is 18.0 Å². The Kier molecular flexibility index (Phi) is 5.62. The summed E-state index contributed by atoms with van der Waals surface area (Å²) in [4.78, 5) is 20.6. The van der Waals surface area contributed by atoms with E-state index < -0.39 is 11.7 Å². The minimum atomic E-state index is -4.54. The fourth-order valence-electron chi connectivity index (χ4n) is 2.49. The van der Waals surface area contributed by atoms with Gasteiger partial charge in [0.1, 0.15) is 11.4 Å². The summed E-state index contributed by atoms with van der Waals surface area (Å²) < 4.78 is 38.6. The van der Waals surface area contributed by atoms with Crippen LogP contribution in [0.4, 0.5) is 24.9 Å². The summed E-state index contributed by atoms with van der Waals surface area (Å²) in [6.45, 7) is 1.50. The summed E-state index contributed by atoms with van der Waals surface area (Å²) in [5.41, 5.74) is 4.40. The van der Waals surface area contributed by atoms with Crippen molar-refractivity contribution in [3.05, 3.63) is 11.8 Å². The van der Waals surface area contributed by atoms with Crippen molar-refractivity contribution in [2.24, 2.45) is 0 Å². The Morgan fingerprint density at radius 2 is 2.09 bits per heavy atom. The van der Waals surface area contributed by atoms with Gasteiger partial charge >= 0.3 is 6.18 Å². The molecule has 0 unspecified atom stereocenters. The molecule has 1 amide bonds. The first kappa shape index (κ1) is 17.3. The Morgan fingerprint density at radius 1 is 1.30 bits per heavy atom. The number of alkyl halides is 3. The highest BCUT2D eigenvalue weighted by Crippen LogP contribution is 2.33. The van der Waals surface area contributed by atoms with Crippen LogP contribution in [0.5, 0.6) is 0 Å². The molecule has 0 aliphatic carbocycles. The number of amides is 1. The number of rotatable bonds is 5. The van der Waals surface area contributed by atoms with E-state index in [1.54, 1.807) is 4.90 Å². The third-order valence-electron chi connectivity index (χ3n) is 3.68. The van der Waals surface area contributed by atoms with Gasteiger partial charge in [-0.25, -0.2) is 4.98 Å². The van der Waals surface area contributed by atoms with Crippen molar-refractivity contribution in [1.82, 2.24) is 14.9 Å². The molecule has 1 aromatic rings. The van der Waals surface area contributed by atoms with E-state index in [0.29, 0.717) is 32.1 Å². The van der Waals surface area contributed by atoms with E-state index in [2.05, 4.69) is 15.3 Å². The number of carbonyl (C=O) groups is 1. The predicted octanol–water partition coefficient (Wildman–Crippen LogP) is 2.28. The van der Waals surface area contributed by atoms with Gasteiger partial charge in [-0.1, -0.05) is 6.42 Å². The van der Waals surface area contributed by atoms with E-state index in [0.717, 1.165) is 19.3 Å². The number of hydrogen-bond donors (Lipinski definition) is 2. The molecular weight excluding hydrogens is 311 g/mol. The molecule has 128 valence electrons. The van der Waals surface area contributed by atoms with E-state index in [9.17, 15) is 18.0 Å². The van der Waals surface area contributed by atoms with Crippen LogP contribution in [0, 0.1) is 0 Å². The van der Waals surface area contributed by atoms with Gasteiger partial charge in [0.05, 0.1) is 0 Å². The van der Waals surface area contributed by atoms with Crippen LogP contribution < -0.4 is 11.1 Å². The maximum absolute atomic E-state index is 12.9. The fourth-order valence-corrected chi connectivity index (χ4v) is 2.49. The van der Waals surface area contributed by atoms with Crippen molar-refractivity contribution in [2.45, 2.75) is 38.3 Å². The maximum atomic E-state index is 12.9. The zero-order valence-corrected chi connectivity index (χ0v) is 12.7. The van der Waals surface area contributed by atoms with Gasteiger partial charge in [0.15, 0.2) is 0 Å². The van der Waals surface area contributed by atoms with Crippen LogP contribution in [-0.2, 0) is 11.0 Å². The van der Waals surface area contributed by atoms with Crippen LogP contribution in [0.15, 0.2) is 6.20 Å². The van der Waals surface area contributed by atoms with Gasteiger partial charge in [-0.3, -0.25) is 4.79 Å². The molecule has 1 fully saturated rings. The molecule has 0 saturated carbocycles. The third kappa shape index (κ3) is 4.97. The predicted molar refractivity (Wildman–Crippen MR) is 79.6 cm³/mol. The van der Waals surface area contributed by atoms with E-state index >= 15 is 0 Å². The van der Waals surface area contributed by atoms with E-state index in [4.69, 9.17) is 5.73 Å². The Morgan fingerprint density at radius 3 is 2.83 bits per heavy atom. The molecule has 0 atom stereocenters. The first-order valence-electron chi connectivity index (χ1n) is 7.59. The SMILES string of the molecule is Nc1ncc(C(F)(F)F)c(NCCCN2CCCCCC2=O)n1. The largest absolute Gasteiger partial charge is 0.421 e. The number of carbonyl (C=O) groups excluding carboxylic acids is 1. The zero-order valence-electron chi connectivity index (χ0n) is 12.7. The van der Waals surface area contributed by atoms with Gasteiger partial charge in [0, 0.05) is 32.3 Å². The van der Waals surface area contributed by atoms with E-state index in [1.165, 1.54) is 0 Å². The summed E-state index contributed by atoms with van der Waals surface area (Å²) in [6.07, 6.45) is 0.124. The molecule has 23 heavy (non-hydrogen) atoms. The van der Waals surface area contributed by atoms with Crippen LogP contribution >= 0.6 is 0 Å². The average molecular weight is 331 g/mol. The Hall–Kier alpha value is -2.06. The van der Waals surface area contributed by atoms with Crippen molar-refractivity contribution in [1.29, 1.82) is 0 Å². The molecular formula is C14H20F3N5O. The molecule has 0 bridgehead atoms. The first-order valence-corrected chi connectivity index (χ1v) is 7.59. The van der Waals surface area contributed by atoms with Crippen LogP contribution in [0.25, 0.3) is 0 Å². The van der Waals surface area contributed by atoms with Crippen molar-refractivity contribution in [2.75, 3.05) is 30.7 Å². The summed E-state index contributed by atoms with van der Waals surface area (Å²) in [7, 11) is 0. The summed E-state index contributed by atoms with van der Waals surface area (Å²) >= 11 is 0.